The standard InChI is InChI=1S/C16H21NO/c1-3-7-13(8-4-1)15-11-14-12-16(17(15)18-14)9-5-2-6-10-16/h1,3-4,7-8,14-15H,2,5-6,9-12H2/t14-,15-/m1/s1. The molecule has 0 N–H and O–H groups in total. The number of hydroxylamine groups is 2. The van der Waals surface area contributed by atoms with E-state index in [1.165, 1.54) is 50.5 Å². The molecular weight excluding hydrogens is 222 g/mol. The molecule has 1 aliphatic carbocycles. The van der Waals surface area contributed by atoms with Crippen molar-refractivity contribution in [3.63, 3.8) is 0 Å². The predicted octanol–water partition coefficient (Wildman–Crippen LogP) is 3.84. The first-order valence-electron chi connectivity index (χ1n) is 7.38. The fourth-order valence-electron chi connectivity index (χ4n) is 4.28. The second kappa shape index (κ2) is 4.07. The molecule has 2 saturated heterocycles. The quantitative estimate of drug-likeness (QED) is 0.743. The Morgan fingerprint density at radius 3 is 2.56 bits per heavy atom. The van der Waals surface area contributed by atoms with Crippen molar-refractivity contribution >= 4 is 0 Å². The number of nitrogens with zero attached hydrogens (tertiary/aromatic N) is 1. The zero-order valence-electron chi connectivity index (χ0n) is 10.8. The van der Waals surface area contributed by atoms with Crippen molar-refractivity contribution < 1.29 is 4.84 Å². The van der Waals surface area contributed by atoms with Crippen LogP contribution >= 0.6 is 0 Å². The van der Waals surface area contributed by atoms with Crippen molar-refractivity contribution in [3.05, 3.63) is 35.9 Å². The van der Waals surface area contributed by atoms with E-state index in [2.05, 4.69) is 35.4 Å². The van der Waals surface area contributed by atoms with Crippen LogP contribution in [-0.4, -0.2) is 16.7 Å². The van der Waals surface area contributed by atoms with Crippen LogP contribution in [0.4, 0.5) is 0 Å². The maximum atomic E-state index is 6.17. The van der Waals surface area contributed by atoms with E-state index in [-0.39, 0.29) is 0 Å². The zero-order valence-corrected chi connectivity index (χ0v) is 10.8. The molecule has 1 spiro atoms. The third-order valence-electron chi connectivity index (χ3n) is 5.08. The zero-order chi connectivity index (χ0) is 12.0. The molecule has 4 rings (SSSR count). The number of hydrogen-bond donors (Lipinski definition) is 0. The fraction of sp³-hybridized carbons (Fsp3) is 0.625. The molecular formula is C16H21NO. The molecule has 1 aromatic carbocycles. The van der Waals surface area contributed by atoms with E-state index in [0.717, 1.165) is 0 Å². The maximum absolute atomic E-state index is 6.17. The first-order chi connectivity index (χ1) is 8.87. The van der Waals surface area contributed by atoms with Gasteiger partial charge in [-0.2, -0.15) is 5.06 Å². The Morgan fingerprint density at radius 1 is 1.06 bits per heavy atom. The van der Waals surface area contributed by atoms with Crippen molar-refractivity contribution in [2.45, 2.75) is 62.6 Å². The van der Waals surface area contributed by atoms with Crippen LogP contribution in [0, 0.1) is 0 Å². The van der Waals surface area contributed by atoms with Gasteiger partial charge in [0.2, 0.25) is 0 Å². The summed E-state index contributed by atoms with van der Waals surface area (Å²) in [7, 11) is 0. The minimum absolute atomic E-state index is 0.377. The molecule has 3 fully saturated rings. The van der Waals surface area contributed by atoms with Crippen LogP contribution in [0.25, 0.3) is 0 Å². The molecule has 96 valence electrons. The minimum atomic E-state index is 0.377. The third-order valence-corrected chi connectivity index (χ3v) is 5.08. The van der Waals surface area contributed by atoms with Crippen LogP contribution < -0.4 is 0 Å². The average Bonchev–Trinajstić information content (AvgIpc) is 2.98. The second-order valence-corrected chi connectivity index (χ2v) is 6.20. The Balaban J connectivity index is 1.64. The van der Waals surface area contributed by atoms with Gasteiger partial charge in [0.1, 0.15) is 0 Å². The summed E-state index contributed by atoms with van der Waals surface area (Å²) in [6, 6.07) is 11.4. The summed E-state index contributed by atoms with van der Waals surface area (Å²) in [6.07, 6.45) is 9.80. The van der Waals surface area contributed by atoms with Crippen molar-refractivity contribution in [3.8, 4) is 0 Å². The van der Waals surface area contributed by atoms with Gasteiger partial charge >= 0.3 is 0 Å². The molecule has 2 heterocycles. The van der Waals surface area contributed by atoms with Crippen LogP contribution in [0.5, 0.6) is 0 Å². The number of benzene rings is 1. The lowest BCUT2D eigenvalue weighted by Crippen LogP contribution is -2.47. The molecule has 3 aliphatic rings. The maximum Gasteiger partial charge on any atom is 0.0831 e. The van der Waals surface area contributed by atoms with Crippen LogP contribution in [0.1, 0.15) is 56.6 Å². The molecule has 0 amide bonds. The molecule has 18 heavy (non-hydrogen) atoms. The lowest BCUT2D eigenvalue weighted by molar-refractivity contribution is -0.175. The van der Waals surface area contributed by atoms with Crippen molar-refractivity contribution in [1.82, 2.24) is 5.06 Å². The summed E-state index contributed by atoms with van der Waals surface area (Å²) in [5.74, 6) is 0. The van der Waals surface area contributed by atoms with Crippen molar-refractivity contribution in [2.24, 2.45) is 0 Å². The smallest absolute Gasteiger partial charge is 0.0831 e. The first-order valence-corrected chi connectivity index (χ1v) is 7.38. The Hall–Kier alpha value is -0.860. The van der Waals surface area contributed by atoms with Crippen molar-refractivity contribution in [1.29, 1.82) is 0 Å². The fourth-order valence-corrected chi connectivity index (χ4v) is 4.28. The Labute approximate surface area is 109 Å². The van der Waals surface area contributed by atoms with E-state index in [0.29, 0.717) is 17.7 Å². The highest BCUT2D eigenvalue weighted by atomic mass is 16.7. The Bertz CT molecular complexity index is 424. The summed E-state index contributed by atoms with van der Waals surface area (Å²) < 4.78 is 0. The number of fused-ring (bicyclic) bond motifs is 3. The van der Waals surface area contributed by atoms with Gasteiger partial charge in [-0.15, -0.1) is 0 Å². The van der Waals surface area contributed by atoms with Gasteiger partial charge in [0, 0.05) is 5.54 Å². The monoisotopic (exact) mass is 243 g/mol. The van der Waals surface area contributed by atoms with Crippen LogP contribution in [-0.2, 0) is 4.84 Å². The summed E-state index contributed by atoms with van der Waals surface area (Å²) in [5.41, 5.74) is 1.81. The highest BCUT2D eigenvalue weighted by Gasteiger charge is 2.55. The van der Waals surface area contributed by atoms with Gasteiger partial charge in [-0.3, -0.25) is 4.84 Å². The number of piperidine rings is 1. The van der Waals surface area contributed by atoms with Crippen LogP contribution in [0.15, 0.2) is 30.3 Å². The topological polar surface area (TPSA) is 12.5 Å². The molecule has 3 atom stereocenters. The van der Waals surface area contributed by atoms with Crippen molar-refractivity contribution in [2.75, 3.05) is 0 Å². The molecule has 2 heteroatoms. The average molecular weight is 243 g/mol. The SMILES string of the molecule is c1ccc([C@H]2C[C@@H]3CC4(CCCCC4)N2O3)cc1. The normalized spacial score (nSPS) is 37.2. The predicted molar refractivity (Wildman–Crippen MR) is 70.9 cm³/mol. The van der Waals surface area contributed by atoms with E-state index in [1.54, 1.807) is 0 Å². The molecule has 0 aromatic heterocycles. The van der Waals surface area contributed by atoms with E-state index >= 15 is 0 Å². The Morgan fingerprint density at radius 2 is 1.83 bits per heavy atom. The van der Waals surface area contributed by atoms with Crippen LogP contribution in [0.3, 0.4) is 0 Å². The van der Waals surface area contributed by atoms with Crippen LogP contribution in [0.2, 0.25) is 0 Å². The second-order valence-electron chi connectivity index (χ2n) is 6.20. The van der Waals surface area contributed by atoms with E-state index in [9.17, 15) is 0 Å². The van der Waals surface area contributed by atoms with E-state index < -0.39 is 0 Å². The van der Waals surface area contributed by atoms with Gasteiger partial charge in [0.25, 0.3) is 0 Å². The third kappa shape index (κ3) is 1.55. The van der Waals surface area contributed by atoms with Gasteiger partial charge < -0.3 is 0 Å². The Kier molecular flexibility index (Phi) is 2.49. The van der Waals surface area contributed by atoms with E-state index in [4.69, 9.17) is 4.84 Å². The van der Waals surface area contributed by atoms with Gasteiger partial charge in [-0.05, 0) is 31.2 Å². The number of hydrogen-bond acceptors (Lipinski definition) is 2. The summed E-state index contributed by atoms with van der Waals surface area (Å²) in [4.78, 5) is 6.17. The highest BCUT2D eigenvalue weighted by molar-refractivity contribution is 5.22. The number of rotatable bonds is 1. The minimum Gasteiger partial charge on any atom is -0.294 e. The lowest BCUT2D eigenvalue weighted by Gasteiger charge is -2.43. The largest absolute Gasteiger partial charge is 0.294 e. The molecule has 1 saturated carbocycles. The first kappa shape index (κ1) is 11.0. The van der Waals surface area contributed by atoms with E-state index in [1.807, 2.05) is 0 Å². The molecule has 2 aliphatic heterocycles. The van der Waals surface area contributed by atoms with Gasteiger partial charge in [0.05, 0.1) is 12.1 Å². The van der Waals surface area contributed by atoms with Gasteiger partial charge in [-0.25, -0.2) is 0 Å². The molecule has 1 unspecified atom stereocenters. The summed E-state index contributed by atoms with van der Waals surface area (Å²) in [6.45, 7) is 0. The molecule has 2 bridgehead atoms. The molecule has 1 aromatic rings. The highest BCUT2D eigenvalue weighted by Crippen LogP contribution is 2.54. The van der Waals surface area contributed by atoms with Gasteiger partial charge in [-0.1, -0.05) is 49.6 Å². The molecule has 2 nitrogen and oxygen atoms in total. The molecule has 0 radical (unpaired) electrons. The van der Waals surface area contributed by atoms with Gasteiger partial charge in [0.15, 0.2) is 0 Å². The lowest BCUT2D eigenvalue weighted by atomic mass is 9.74. The summed E-state index contributed by atoms with van der Waals surface area (Å²) in [5, 5.41) is 2.40. The summed E-state index contributed by atoms with van der Waals surface area (Å²) >= 11 is 0.